The van der Waals surface area contributed by atoms with Crippen LogP contribution in [0.25, 0.3) is 0 Å². The molecule has 1 heterocycles. The third kappa shape index (κ3) is 5.74. The average Bonchev–Trinajstić information content (AvgIpc) is 3.41. The number of fused-ring (bicyclic) bond motifs is 2. The highest BCUT2D eigenvalue weighted by Gasteiger charge is 2.47. The van der Waals surface area contributed by atoms with Gasteiger partial charge in [-0.05, 0) is 54.2 Å². The van der Waals surface area contributed by atoms with Crippen molar-refractivity contribution >= 4 is 5.91 Å². The van der Waals surface area contributed by atoms with E-state index in [1.165, 1.54) is 12.1 Å². The number of halogens is 2. The molecule has 0 saturated carbocycles. The molecule has 1 aliphatic heterocycles. The first-order chi connectivity index (χ1) is 17.7. The minimum atomic E-state index is -3.69. The molecule has 37 heavy (non-hydrogen) atoms. The van der Waals surface area contributed by atoms with Crippen molar-refractivity contribution in [1.29, 1.82) is 0 Å². The number of nitrogens with one attached hydrogen (secondary N) is 1. The third-order valence-corrected chi connectivity index (χ3v) is 6.73. The number of hydrogen-bond acceptors (Lipinski definition) is 6. The highest BCUT2D eigenvalue weighted by molar-refractivity contribution is 5.90. The van der Waals surface area contributed by atoms with Gasteiger partial charge in [0, 0.05) is 0 Å². The van der Waals surface area contributed by atoms with Crippen LogP contribution in [0.1, 0.15) is 47.7 Å². The van der Waals surface area contributed by atoms with E-state index in [0.29, 0.717) is 18.4 Å². The second-order valence-electron chi connectivity index (χ2n) is 9.27. The highest BCUT2D eigenvalue weighted by atomic mass is 19.3. The number of amides is 1. The number of hydrogen-bond donors (Lipinski definition) is 4. The molecule has 5 N–H and O–H groups in total. The average molecular weight is 513 g/mol. The van der Waals surface area contributed by atoms with Crippen molar-refractivity contribution in [3.8, 4) is 11.5 Å². The minimum Gasteiger partial charge on any atom is -0.395 e. The van der Waals surface area contributed by atoms with Crippen molar-refractivity contribution in [2.24, 2.45) is 5.73 Å². The molecule has 7 nitrogen and oxygen atoms in total. The van der Waals surface area contributed by atoms with E-state index in [1.807, 2.05) is 60.7 Å². The predicted molar refractivity (Wildman–Crippen MR) is 133 cm³/mol. The molecule has 0 saturated heterocycles. The number of carbonyl (C=O) groups excluding carboxylic acids is 1. The van der Waals surface area contributed by atoms with Crippen LogP contribution in [-0.4, -0.2) is 35.6 Å². The van der Waals surface area contributed by atoms with Crippen LogP contribution in [0.3, 0.4) is 0 Å². The molecule has 3 aromatic rings. The van der Waals surface area contributed by atoms with Gasteiger partial charge in [0.2, 0.25) is 5.91 Å². The first-order valence-corrected chi connectivity index (χ1v) is 12.0. The van der Waals surface area contributed by atoms with Crippen molar-refractivity contribution in [3.05, 3.63) is 95.1 Å². The van der Waals surface area contributed by atoms with Crippen LogP contribution in [0, 0.1) is 0 Å². The van der Waals surface area contributed by atoms with Crippen LogP contribution >= 0.6 is 0 Å². The van der Waals surface area contributed by atoms with Gasteiger partial charge in [-0.2, -0.15) is 0 Å². The Kier molecular flexibility index (Phi) is 7.77. The number of rotatable bonds is 6. The zero-order chi connectivity index (χ0) is 26.6. The number of benzene rings is 3. The molecule has 0 unspecified atom stereocenters. The number of alkyl halides is 2. The summed E-state index contributed by atoms with van der Waals surface area (Å²) in [5, 5.41) is 21.2. The number of aryl methyl sites for hydroxylation is 1. The topological polar surface area (TPSA) is 114 Å². The Bertz CT molecular complexity index is 1230. The van der Waals surface area contributed by atoms with Crippen molar-refractivity contribution < 1.29 is 33.3 Å². The summed E-state index contributed by atoms with van der Waals surface area (Å²) >= 11 is 0. The van der Waals surface area contributed by atoms with E-state index in [2.05, 4.69) is 14.8 Å². The van der Waals surface area contributed by atoms with Crippen LogP contribution in [0.5, 0.6) is 11.5 Å². The number of carbonyl (C=O) groups is 1. The van der Waals surface area contributed by atoms with Crippen LogP contribution in [0.15, 0.2) is 72.8 Å². The Balaban J connectivity index is 0.000000270. The third-order valence-electron chi connectivity index (χ3n) is 6.73. The van der Waals surface area contributed by atoms with Crippen LogP contribution < -0.4 is 20.5 Å². The number of ether oxygens (including phenoxy) is 2. The van der Waals surface area contributed by atoms with Gasteiger partial charge in [-0.25, -0.2) is 0 Å². The molecule has 3 atom stereocenters. The van der Waals surface area contributed by atoms with Gasteiger partial charge in [0.15, 0.2) is 11.5 Å². The summed E-state index contributed by atoms with van der Waals surface area (Å²) < 4.78 is 35.7. The van der Waals surface area contributed by atoms with E-state index in [-0.39, 0.29) is 36.7 Å². The van der Waals surface area contributed by atoms with Gasteiger partial charge in [0.05, 0.1) is 30.7 Å². The van der Waals surface area contributed by atoms with Gasteiger partial charge in [-0.3, -0.25) is 4.79 Å². The lowest BCUT2D eigenvalue weighted by molar-refractivity contribution is -0.286. The Hall–Kier alpha value is -3.53. The molecule has 0 bridgehead atoms. The van der Waals surface area contributed by atoms with E-state index in [4.69, 9.17) is 10.8 Å². The van der Waals surface area contributed by atoms with E-state index in [9.17, 15) is 18.7 Å². The maximum atomic E-state index is 13.3. The normalized spacial score (nSPS) is 20.3. The Morgan fingerprint density at radius 1 is 0.973 bits per heavy atom. The summed E-state index contributed by atoms with van der Waals surface area (Å²) in [7, 11) is 0. The van der Waals surface area contributed by atoms with Crippen molar-refractivity contribution in [2.75, 3.05) is 13.2 Å². The SMILES string of the molecule is C[C@@]1(C(=O)N[C@H](CO)c2ccccc2)CCc2cc3c(cc21)OC(F)(F)O3.N[C@H](CO)c1ccccc1. The van der Waals surface area contributed by atoms with E-state index < -0.39 is 17.8 Å². The van der Waals surface area contributed by atoms with Crippen molar-refractivity contribution in [1.82, 2.24) is 5.32 Å². The summed E-state index contributed by atoms with van der Waals surface area (Å²) in [6, 6.07) is 20.9. The minimum absolute atomic E-state index is 0.00398. The lowest BCUT2D eigenvalue weighted by atomic mass is 9.82. The molecular formula is C28H30F2N2O5. The summed E-state index contributed by atoms with van der Waals surface area (Å²) in [6.07, 6.45) is -2.59. The molecule has 5 rings (SSSR count). The standard InChI is InChI=1S/C20H19F2NO4.C8H11NO/c1-19(18(25)23-15(11-24)12-5-3-2-4-6-12)8-7-13-9-16-17(10-14(13)19)27-20(21,22)26-16;9-8(6-10)7-4-2-1-3-5-7/h2-6,9-10,15,24H,7-8,11H2,1H3,(H,23,25);1-5,8,10H,6,9H2/t15-,19-;8-/m11/s1. The monoisotopic (exact) mass is 512 g/mol. The first-order valence-electron chi connectivity index (χ1n) is 12.0. The first kappa shape index (κ1) is 26.5. The summed E-state index contributed by atoms with van der Waals surface area (Å²) in [4.78, 5) is 13.1. The summed E-state index contributed by atoms with van der Waals surface area (Å²) in [5.41, 5.74) is 7.83. The number of nitrogens with two attached hydrogens (primary N) is 1. The van der Waals surface area contributed by atoms with Crippen LogP contribution in [0.4, 0.5) is 8.78 Å². The molecule has 196 valence electrons. The molecule has 2 aliphatic rings. The molecule has 0 radical (unpaired) electrons. The van der Waals surface area contributed by atoms with Gasteiger partial charge >= 0.3 is 6.29 Å². The quantitative estimate of drug-likeness (QED) is 0.400. The molecule has 9 heteroatoms. The maximum absolute atomic E-state index is 13.3. The van der Waals surface area contributed by atoms with Gasteiger partial charge < -0.3 is 30.7 Å². The Labute approximate surface area is 213 Å². The van der Waals surface area contributed by atoms with Gasteiger partial charge in [0.25, 0.3) is 0 Å². The molecule has 3 aromatic carbocycles. The van der Waals surface area contributed by atoms with Gasteiger partial charge in [0.1, 0.15) is 0 Å². The van der Waals surface area contributed by atoms with Gasteiger partial charge in [-0.15, -0.1) is 8.78 Å². The molecule has 0 spiro atoms. The zero-order valence-electron chi connectivity index (χ0n) is 20.4. The second-order valence-corrected chi connectivity index (χ2v) is 9.27. The fraction of sp³-hybridized carbons (Fsp3) is 0.321. The zero-order valence-corrected chi connectivity index (χ0v) is 20.4. The number of aliphatic hydroxyl groups is 2. The lowest BCUT2D eigenvalue weighted by Gasteiger charge is -2.27. The van der Waals surface area contributed by atoms with Crippen molar-refractivity contribution in [3.63, 3.8) is 0 Å². The second kappa shape index (κ2) is 10.8. The lowest BCUT2D eigenvalue weighted by Crippen LogP contribution is -2.43. The molecule has 1 aliphatic carbocycles. The maximum Gasteiger partial charge on any atom is 0.586 e. The van der Waals surface area contributed by atoms with E-state index in [1.54, 1.807) is 6.92 Å². The Morgan fingerprint density at radius 2 is 1.54 bits per heavy atom. The van der Waals surface area contributed by atoms with Crippen LogP contribution in [0.2, 0.25) is 0 Å². The van der Waals surface area contributed by atoms with E-state index >= 15 is 0 Å². The van der Waals surface area contributed by atoms with Crippen molar-refractivity contribution in [2.45, 2.75) is 43.6 Å². The fourth-order valence-electron chi connectivity index (χ4n) is 4.56. The Morgan fingerprint density at radius 3 is 2.11 bits per heavy atom. The molecule has 1 amide bonds. The number of aliphatic hydroxyl groups excluding tert-OH is 2. The summed E-state index contributed by atoms with van der Waals surface area (Å²) in [6.45, 7) is 1.53. The molecular weight excluding hydrogens is 482 g/mol. The van der Waals surface area contributed by atoms with Gasteiger partial charge in [-0.1, -0.05) is 60.7 Å². The molecule has 0 fully saturated rings. The predicted octanol–water partition coefficient (Wildman–Crippen LogP) is 3.74. The fourth-order valence-corrected chi connectivity index (χ4v) is 4.56. The van der Waals surface area contributed by atoms with Crippen LogP contribution in [-0.2, 0) is 16.6 Å². The smallest absolute Gasteiger partial charge is 0.395 e. The molecule has 0 aromatic heterocycles. The van der Waals surface area contributed by atoms with E-state index in [0.717, 1.165) is 16.7 Å². The summed E-state index contributed by atoms with van der Waals surface area (Å²) in [5.74, 6) is -0.350. The highest BCUT2D eigenvalue weighted by Crippen LogP contribution is 2.48. The largest absolute Gasteiger partial charge is 0.586 e.